The van der Waals surface area contributed by atoms with Crippen LogP contribution in [0.5, 0.6) is 0 Å². The Hall–Kier alpha value is -1.37. The first kappa shape index (κ1) is 17.1. The van der Waals surface area contributed by atoms with E-state index in [9.17, 15) is 0 Å². The fourth-order valence-electron chi connectivity index (χ4n) is 5.40. The minimum absolute atomic E-state index is 0.700. The first-order valence-electron chi connectivity index (χ1n) is 10.2. The summed E-state index contributed by atoms with van der Waals surface area (Å²) in [5.41, 5.74) is 2.21. The molecule has 1 aliphatic heterocycles. The smallest absolute Gasteiger partial charge is 0.0991 e. The van der Waals surface area contributed by atoms with Gasteiger partial charge in [0.05, 0.1) is 11.6 Å². The van der Waals surface area contributed by atoms with Crippen LogP contribution < -0.4 is 5.32 Å². The summed E-state index contributed by atoms with van der Waals surface area (Å²) in [6.45, 7) is 6.02. The number of rotatable bonds is 5. The highest BCUT2D eigenvalue weighted by Crippen LogP contribution is 2.61. The zero-order valence-corrected chi connectivity index (χ0v) is 15.5. The van der Waals surface area contributed by atoms with E-state index in [-0.39, 0.29) is 0 Å². The zero-order chi connectivity index (χ0) is 17.2. The maximum Gasteiger partial charge on any atom is 0.0991 e. The standard InChI is InChI=1S/C22H31N3/c1-16-5-2-3-11-25(16)12-10-24-19-8-9-20-21(14-19)22(20)18-7-4-6-17(13-18)15-23/h4,6-7,13,16,19-22,24H,2-3,5,8-12,14H2,1H3. The average molecular weight is 338 g/mol. The van der Waals surface area contributed by atoms with E-state index in [1.54, 1.807) is 0 Å². The average Bonchev–Trinajstić information content (AvgIpc) is 3.37. The van der Waals surface area contributed by atoms with Crippen molar-refractivity contribution in [3.05, 3.63) is 35.4 Å². The van der Waals surface area contributed by atoms with Gasteiger partial charge in [0, 0.05) is 25.2 Å². The highest BCUT2D eigenvalue weighted by atomic mass is 15.2. The molecule has 3 nitrogen and oxygen atoms in total. The minimum atomic E-state index is 0.700. The summed E-state index contributed by atoms with van der Waals surface area (Å²) < 4.78 is 0. The molecule has 134 valence electrons. The molecule has 1 aromatic rings. The molecule has 0 amide bonds. The highest BCUT2D eigenvalue weighted by Gasteiger charge is 2.53. The topological polar surface area (TPSA) is 39.1 Å². The summed E-state index contributed by atoms with van der Waals surface area (Å²) in [4.78, 5) is 2.66. The molecule has 5 atom stereocenters. The number of likely N-dealkylation sites (tertiary alicyclic amines) is 1. The molecule has 1 saturated heterocycles. The summed E-state index contributed by atoms with van der Waals surface area (Å²) in [5.74, 6) is 2.42. The van der Waals surface area contributed by atoms with Crippen molar-refractivity contribution in [1.29, 1.82) is 5.26 Å². The fourth-order valence-corrected chi connectivity index (χ4v) is 5.40. The molecule has 0 radical (unpaired) electrons. The molecule has 2 aliphatic carbocycles. The van der Waals surface area contributed by atoms with E-state index in [0.717, 1.165) is 30.0 Å². The number of nitrogens with one attached hydrogen (secondary N) is 1. The number of nitrogens with zero attached hydrogens (tertiary/aromatic N) is 2. The second-order valence-corrected chi connectivity index (χ2v) is 8.44. The van der Waals surface area contributed by atoms with Crippen molar-refractivity contribution in [3.8, 4) is 6.07 Å². The van der Waals surface area contributed by atoms with Gasteiger partial charge in [0.15, 0.2) is 0 Å². The van der Waals surface area contributed by atoms with Crippen molar-refractivity contribution in [2.24, 2.45) is 11.8 Å². The van der Waals surface area contributed by atoms with Gasteiger partial charge in [-0.2, -0.15) is 5.26 Å². The van der Waals surface area contributed by atoms with E-state index < -0.39 is 0 Å². The Morgan fingerprint density at radius 1 is 1.20 bits per heavy atom. The Morgan fingerprint density at radius 3 is 2.96 bits per heavy atom. The van der Waals surface area contributed by atoms with Crippen LogP contribution in [-0.4, -0.2) is 36.6 Å². The molecule has 0 bridgehead atoms. The molecule has 0 aromatic heterocycles. The zero-order valence-electron chi connectivity index (χ0n) is 15.5. The van der Waals surface area contributed by atoms with Gasteiger partial charge >= 0.3 is 0 Å². The molecular weight excluding hydrogens is 306 g/mol. The van der Waals surface area contributed by atoms with Gasteiger partial charge in [-0.3, -0.25) is 4.90 Å². The lowest BCUT2D eigenvalue weighted by Gasteiger charge is -2.34. The van der Waals surface area contributed by atoms with E-state index in [1.165, 1.54) is 57.2 Å². The Balaban J connectivity index is 1.25. The third-order valence-corrected chi connectivity index (χ3v) is 6.91. The first-order valence-corrected chi connectivity index (χ1v) is 10.2. The van der Waals surface area contributed by atoms with E-state index in [4.69, 9.17) is 5.26 Å². The van der Waals surface area contributed by atoms with Crippen molar-refractivity contribution in [2.75, 3.05) is 19.6 Å². The summed E-state index contributed by atoms with van der Waals surface area (Å²) >= 11 is 0. The SMILES string of the molecule is CC1CCCCN1CCNC1CCC2C(C1)C2c1cccc(C#N)c1. The van der Waals surface area contributed by atoms with Crippen molar-refractivity contribution in [1.82, 2.24) is 10.2 Å². The minimum Gasteiger partial charge on any atom is -0.313 e. The Bertz CT molecular complexity index is 634. The Kier molecular flexibility index (Phi) is 5.10. The first-order chi connectivity index (χ1) is 12.3. The predicted molar refractivity (Wildman–Crippen MR) is 101 cm³/mol. The lowest BCUT2D eigenvalue weighted by molar-refractivity contribution is 0.158. The van der Waals surface area contributed by atoms with Gasteiger partial charge in [-0.25, -0.2) is 0 Å². The van der Waals surface area contributed by atoms with Gasteiger partial charge in [-0.1, -0.05) is 18.6 Å². The van der Waals surface area contributed by atoms with Gasteiger partial charge in [-0.15, -0.1) is 0 Å². The molecule has 4 rings (SSSR count). The number of benzene rings is 1. The van der Waals surface area contributed by atoms with Crippen LogP contribution >= 0.6 is 0 Å². The Labute approximate surface area is 152 Å². The number of nitriles is 1. The molecule has 1 heterocycles. The van der Waals surface area contributed by atoms with Crippen LogP contribution in [0.25, 0.3) is 0 Å². The number of piperidine rings is 1. The maximum atomic E-state index is 9.12. The predicted octanol–water partition coefficient (Wildman–Crippen LogP) is 3.90. The van der Waals surface area contributed by atoms with Gasteiger partial charge in [0.1, 0.15) is 0 Å². The van der Waals surface area contributed by atoms with Crippen molar-refractivity contribution in [3.63, 3.8) is 0 Å². The molecular formula is C22H31N3. The molecule has 5 unspecified atom stereocenters. The van der Waals surface area contributed by atoms with Crippen LogP contribution in [0.3, 0.4) is 0 Å². The number of hydrogen-bond acceptors (Lipinski definition) is 3. The van der Waals surface area contributed by atoms with E-state index >= 15 is 0 Å². The molecule has 1 aromatic carbocycles. The largest absolute Gasteiger partial charge is 0.313 e. The monoisotopic (exact) mass is 337 g/mol. The number of hydrogen-bond donors (Lipinski definition) is 1. The van der Waals surface area contributed by atoms with E-state index in [0.29, 0.717) is 12.0 Å². The van der Waals surface area contributed by atoms with Crippen LogP contribution in [0.4, 0.5) is 0 Å². The van der Waals surface area contributed by atoms with E-state index in [2.05, 4.69) is 35.3 Å². The second kappa shape index (κ2) is 7.48. The van der Waals surface area contributed by atoms with Crippen LogP contribution in [0.1, 0.15) is 62.5 Å². The molecule has 3 fully saturated rings. The lowest BCUT2D eigenvalue weighted by atomic mass is 9.95. The quantitative estimate of drug-likeness (QED) is 0.885. The second-order valence-electron chi connectivity index (χ2n) is 8.44. The molecule has 3 heteroatoms. The summed E-state index contributed by atoms with van der Waals surface area (Å²) in [7, 11) is 0. The summed E-state index contributed by atoms with van der Waals surface area (Å²) in [6.07, 6.45) is 8.15. The van der Waals surface area contributed by atoms with Crippen molar-refractivity contribution >= 4 is 0 Å². The third kappa shape index (κ3) is 3.76. The summed E-state index contributed by atoms with van der Waals surface area (Å²) in [6, 6.07) is 12.1. The highest BCUT2D eigenvalue weighted by molar-refractivity contribution is 5.38. The molecule has 25 heavy (non-hydrogen) atoms. The van der Waals surface area contributed by atoms with Gasteiger partial charge < -0.3 is 5.32 Å². The maximum absolute atomic E-state index is 9.12. The van der Waals surface area contributed by atoms with Crippen LogP contribution in [-0.2, 0) is 0 Å². The Morgan fingerprint density at radius 2 is 2.12 bits per heavy atom. The van der Waals surface area contributed by atoms with Crippen molar-refractivity contribution < 1.29 is 0 Å². The van der Waals surface area contributed by atoms with Gasteiger partial charge in [-0.05, 0) is 81.0 Å². The van der Waals surface area contributed by atoms with Gasteiger partial charge in [0.2, 0.25) is 0 Å². The molecule has 0 spiro atoms. The van der Waals surface area contributed by atoms with Crippen LogP contribution in [0.15, 0.2) is 24.3 Å². The third-order valence-electron chi connectivity index (χ3n) is 6.91. The lowest BCUT2D eigenvalue weighted by Crippen LogP contribution is -2.43. The normalized spacial score (nSPS) is 35.0. The molecule has 3 aliphatic rings. The molecule has 2 saturated carbocycles. The summed E-state index contributed by atoms with van der Waals surface area (Å²) in [5, 5.41) is 13.0. The molecule has 1 N–H and O–H groups in total. The fraction of sp³-hybridized carbons (Fsp3) is 0.682. The van der Waals surface area contributed by atoms with Crippen LogP contribution in [0, 0.1) is 23.2 Å². The number of fused-ring (bicyclic) bond motifs is 1. The van der Waals surface area contributed by atoms with Gasteiger partial charge in [0.25, 0.3) is 0 Å². The van der Waals surface area contributed by atoms with Crippen LogP contribution in [0.2, 0.25) is 0 Å². The van der Waals surface area contributed by atoms with E-state index in [1.807, 2.05) is 12.1 Å². The van der Waals surface area contributed by atoms with Crippen molar-refractivity contribution in [2.45, 2.75) is 63.5 Å².